The van der Waals surface area contributed by atoms with E-state index in [1.165, 1.54) is 36.2 Å². The van der Waals surface area contributed by atoms with Crippen molar-refractivity contribution < 1.29 is 22.0 Å². The Balaban J connectivity index is 1.96. The molecular weight excluding hydrogens is 375 g/mol. The van der Waals surface area contributed by atoms with Crippen molar-refractivity contribution >= 4 is 21.6 Å². The zero-order valence-electron chi connectivity index (χ0n) is 14.8. The van der Waals surface area contributed by atoms with Gasteiger partial charge in [-0.25, -0.2) is 12.8 Å². The molecular formula is C17H17FN4O4S. The van der Waals surface area contributed by atoms with Crippen molar-refractivity contribution in [1.29, 1.82) is 0 Å². The number of furan rings is 1. The maximum absolute atomic E-state index is 13.0. The molecule has 0 aliphatic rings. The number of sulfonamides is 1. The molecule has 10 heteroatoms. The van der Waals surface area contributed by atoms with Gasteiger partial charge in [-0.3, -0.25) is 14.6 Å². The minimum atomic E-state index is -3.97. The number of amides is 1. The van der Waals surface area contributed by atoms with Gasteiger partial charge in [0.1, 0.15) is 22.2 Å². The van der Waals surface area contributed by atoms with Crippen LogP contribution in [0.4, 0.5) is 10.1 Å². The number of anilines is 1. The lowest BCUT2D eigenvalue weighted by Crippen LogP contribution is -2.21. The fraction of sp³-hybridized carbons (Fsp3) is 0.176. The van der Waals surface area contributed by atoms with Crippen LogP contribution in [0.5, 0.6) is 0 Å². The van der Waals surface area contributed by atoms with Gasteiger partial charge in [0.25, 0.3) is 15.9 Å². The number of nitrogens with one attached hydrogen (secondary N) is 2. The van der Waals surface area contributed by atoms with E-state index in [2.05, 4.69) is 14.9 Å². The van der Waals surface area contributed by atoms with E-state index in [1.54, 1.807) is 14.1 Å². The molecule has 2 N–H and O–H groups in total. The van der Waals surface area contributed by atoms with E-state index in [4.69, 9.17) is 4.42 Å². The molecule has 0 atom stereocenters. The summed E-state index contributed by atoms with van der Waals surface area (Å²) in [6.07, 6.45) is 1.35. The van der Waals surface area contributed by atoms with Gasteiger partial charge in [-0.05, 0) is 31.2 Å². The second kappa shape index (κ2) is 6.88. The highest BCUT2D eigenvalue weighted by molar-refractivity contribution is 7.92. The Morgan fingerprint density at radius 1 is 1.26 bits per heavy atom. The molecule has 0 aliphatic heterocycles. The van der Waals surface area contributed by atoms with Crippen LogP contribution in [-0.2, 0) is 10.0 Å². The zero-order valence-corrected chi connectivity index (χ0v) is 15.6. The normalized spacial score (nSPS) is 11.4. The summed E-state index contributed by atoms with van der Waals surface area (Å²) in [6.45, 7) is 1.49. The number of hydrogen-bond acceptors (Lipinski definition) is 5. The van der Waals surface area contributed by atoms with E-state index >= 15 is 0 Å². The maximum atomic E-state index is 13.0. The lowest BCUT2D eigenvalue weighted by Gasteiger charge is -2.08. The Labute approximate surface area is 155 Å². The van der Waals surface area contributed by atoms with Gasteiger partial charge in [0, 0.05) is 25.8 Å². The minimum Gasteiger partial charge on any atom is -0.458 e. The molecule has 8 nitrogen and oxygen atoms in total. The number of carbonyl (C=O) groups is 1. The van der Waals surface area contributed by atoms with Crippen LogP contribution in [0.25, 0.3) is 11.5 Å². The van der Waals surface area contributed by atoms with Crippen LogP contribution in [0.1, 0.15) is 16.1 Å². The Bertz CT molecular complexity index is 1080. The standard InChI is InChI=1S/C17H17FN4O4S/c1-10-15(27(24,25)21-12-6-4-11(18)5-7-12)8-14(26-10)16-13(9-19-20-16)17(23)22(2)3/h4-9,21H,1-3H3,(H,19,20). The zero-order chi connectivity index (χ0) is 19.8. The number of H-pyrrole nitrogens is 1. The summed E-state index contributed by atoms with van der Waals surface area (Å²) < 4.78 is 46.2. The average Bonchev–Trinajstić information content (AvgIpc) is 3.22. The number of carbonyl (C=O) groups excluding carboxylic acids is 1. The maximum Gasteiger partial charge on any atom is 0.265 e. The predicted molar refractivity (Wildman–Crippen MR) is 96.3 cm³/mol. The molecule has 0 unspecified atom stereocenters. The van der Waals surface area contributed by atoms with Crippen LogP contribution in [0.2, 0.25) is 0 Å². The van der Waals surface area contributed by atoms with Gasteiger partial charge in [0.15, 0.2) is 5.76 Å². The van der Waals surface area contributed by atoms with Gasteiger partial charge in [-0.15, -0.1) is 0 Å². The third-order valence-electron chi connectivity index (χ3n) is 3.78. The van der Waals surface area contributed by atoms with E-state index < -0.39 is 15.8 Å². The van der Waals surface area contributed by atoms with Crippen LogP contribution in [-0.4, -0.2) is 43.5 Å². The summed E-state index contributed by atoms with van der Waals surface area (Å²) in [5, 5.41) is 6.50. The largest absolute Gasteiger partial charge is 0.458 e. The lowest BCUT2D eigenvalue weighted by molar-refractivity contribution is 0.0828. The fourth-order valence-electron chi connectivity index (χ4n) is 2.46. The molecule has 3 aromatic rings. The second-order valence-corrected chi connectivity index (χ2v) is 7.65. The first-order valence-electron chi connectivity index (χ1n) is 7.83. The molecule has 2 aromatic heterocycles. The van der Waals surface area contributed by atoms with E-state index in [9.17, 15) is 17.6 Å². The first-order chi connectivity index (χ1) is 12.7. The summed E-state index contributed by atoms with van der Waals surface area (Å²) in [7, 11) is -0.788. The molecule has 27 heavy (non-hydrogen) atoms. The third-order valence-corrected chi connectivity index (χ3v) is 5.27. The summed E-state index contributed by atoms with van der Waals surface area (Å²) in [5.74, 6) is -0.481. The van der Waals surface area contributed by atoms with Crippen molar-refractivity contribution in [3.63, 3.8) is 0 Å². The van der Waals surface area contributed by atoms with Gasteiger partial charge in [0.2, 0.25) is 0 Å². The van der Waals surface area contributed by atoms with Gasteiger partial charge in [0.05, 0.1) is 11.8 Å². The molecule has 1 aromatic carbocycles. The van der Waals surface area contributed by atoms with E-state index in [0.717, 1.165) is 12.1 Å². The quantitative estimate of drug-likeness (QED) is 0.694. The number of aromatic amines is 1. The second-order valence-electron chi connectivity index (χ2n) is 6.00. The number of nitrogens with zero attached hydrogens (tertiary/aromatic N) is 2. The first-order valence-corrected chi connectivity index (χ1v) is 9.31. The van der Waals surface area contributed by atoms with Gasteiger partial charge in [-0.1, -0.05) is 0 Å². The number of halogens is 1. The SMILES string of the molecule is Cc1oc(-c2[nH]ncc2C(=O)N(C)C)cc1S(=O)(=O)Nc1ccc(F)cc1. The molecule has 0 fully saturated rings. The minimum absolute atomic E-state index is 0.0975. The number of benzene rings is 1. The third kappa shape index (κ3) is 3.70. The van der Waals surface area contributed by atoms with E-state index in [0.29, 0.717) is 0 Å². The molecule has 0 saturated heterocycles. The topological polar surface area (TPSA) is 108 Å². The summed E-state index contributed by atoms with van der Waals surface area (Å²) in [4.78, 5) is 13.5. The Morgan fingerprint density at radius 3 is 2.56 bits per heavy atom. The molecule has 0 spiro atoms. The van der Waals surface area contributed by atoms with Crippen molar-refractivity contribution in [1.82, 2.24) is 15.1 Å². The highest BCUT2D eigenvalue weighted by Gasteiger charge is 2.25. The predicted octanol–water partition coefficient (Wildman–Crippen LogP) is 2.62. The van der Waals surface area contributed by atoms with Crippen molar-refractivity contribution in [3.8, 4) is 11.5 Å². The van der Waals surface area contributed by atoms with Crippen LogP contribution in [0.3, 0.4) is 0 Å². The number of aryl methyl sites for hydroxylation is 1. The highest BCUT2D eigenvalue weighted by atomic mass is 32.2. The molecule has 1 amide bonds. The van der Waals surface area contributed by atoms with Gasteiger partial charge in [-0.2, -0.15) is 5.10 Å². The van der Waals surface area contributed by atoms with Crippen molar-refractivity contribution in [3.05, 3.63) is 53.7 Å². The molecule has 0 radical (unpaired) electrons. The van der Waals surface area contributed by atoms with Crippen molar-refractivity contribution in [2.45, 2.75) is 11.8 Å². The lowest BCUT2D eigenvalue weighted by atomic mass is 10.2. The Kier molecular flexibility index (Phi) is 4.75. The molecule has 142 valence electrons. The molecule has 0 aliphatic carbocycles. The number of aromatic nitrogens is 2. The van der Waals surface area contributed by atoms with Crippen LogP contribution in [0.15, 0.2) is 45.8 Å². The molecule has 2 heterocycles. The Hall–Kier alpha value is -3.14. The molecule has 0 bridgehead atoms. The number of rotatable bonds is 5. The molecule has 3 rings (SSSR count). The van der Waals surface area contributed by atoms with Gasteiger partial charge >= 0.3 is 0 Å². The summed E-state index contributed by atoms with van der Waals surface area (Å²) >= 11 is 0. The average molecular weight is 392 g/mol. The van der Waals surface area contributed by atoms with Crippen molar-refractivity contribution in [2.24, 2.45) is 0 Å². The number of hydrogen-bond donors (Lipinski definition) is 2. The summed E-state index contributed by atoms with van der Waals surface area (Å²) in [5.41, 5.74) is 0.743. The van der Waals surface area contributed by atoms with E-state index in [1.807, 2.05) is 0 Å². The van der Waals surface area contributed by atoms with Crippen molar-refractivity contribution in [2.75, 3.05) is 18.8 Å². The Morgan fingerprint density at radius 2 is 1.93 bits per heavy atom. The first kappa shape index (κ1) is 18.6. The fourth-order valence-corrected chi connectivity index (χ4v) is 3.70. The summed E-state index contributed by atoms with van der Waals surface area (Å²) in [6, 6.07) is 6.23. The smallest absolute Gasteiger partial charge is 0.265 e. The highest BCUT2D eigenvalue weighted by Crippen LogP contribution is 2.30. The van der Waals surface area contributed by atoms with Crippen LogP contribution >= 0.6 is 0 Å². The van der Waals surface area contributed by atoms with Gasteiger partial charge < -0.3 is 9.32 Å². The van der Waals surface area contributed by atoms with Crippen LogP contribution in [0, 0.1) is 12.7 Å². The van der Waals surface area contributed by atoms with Crippen LogP contribution < -0.4 is 4.72 Å². The molecule has 0 saturated carbocycles. The van der Waals surface area contributed by atoms with E-state index in [-0.39, 0.29) is 39.3 Å². The monoisotopic (exact) mass is 392 g/mol.